The minimum absolute atomic E-state index is 0.0232. The molecule has 0 aliphatic carbocycles. The Labute approximate surface area is 108 Å². The predicted molar refractivity (Wildman–Crippen MR) is 68.2 cm³/mol. The Bertz CT molecular complexity index is 416. The molecule has 0 saturated carbocycles. The van der Waals surface area contributed by atoms with Crippen molar-refractivity contribution in [3.05, 3.63) is 17.8 Å². The lowest BCUT2D eigenvalue weighted by Gasteiger charge is -2.31. The molecule has 0 spiro atoms. The van der Waals surface area contributed by atoms with Crippen molar-refractivity contribution in [3.8, 4) is 0 Å². The van der Waals surface area contributed by atoms with Gasteiger partial charge in [-0.2, -0.15) is 0 Å². The summed E-state index contributed by atoms with van der Waals surface area (Å²) >= 11 is 0. The normalized spacial score (nSPS) is 21.7. The smallest absolute Gasteiger partial charge is 0.318 e. The van der Waals surface area contributed by atoms with E-state index in [1.54, 1.807) is 6.20 Å². The zero-order chi connectivity index (χ0) is 13.1. The van der Waals surface area contributed by atoms with Gasteiger partial charge in [0.25, 0.3) is 0 Å². The number of urea groups is 1. The lowest BCUT2D eigenvalue weighted by molar-refractivity contribution is 0.165. The van der Waals surface area contributed by atoms with Gasteiger partial charge in [-0.05, 0) is 32.6 Å². The van der Waals surface area contributed by atoms with Gasteiger partial charge in [-0.1, -0.05) is 6.92 Å². The Hall–Kier alpha value is -1.52. The van der Waals surface area contributed by atoms with Crippen LogP contribution < -0.4 is 5.32 Å². The fraction of sp³-hybridized carbons (Fsp3) is 0.692. The minimum Gasteiger partial charge on any atom is -0.444 e. The molecule has 2 atom stereocenters. The number of aromatic nitrogens is 1. The van der Waals surface area contributed by atoms with Crippen LogP contribution in [0.3, 0.4) is 0 Å². The number of piperidine rings is 1. The summed E-state index contributed by atoms with van der Waals surface area (Å²) in [5, 5.41) is 2.93. The Balaban J connectivity index is 1.90. The molecular formula is C13H21N3O2. The molecule has 1 N–H and O–H groups in total. The summed E-state index contributed by atoms with van der Waals surface area (Å²) in [6.07, 6.45) is 3.96. The van der Waals surface area contributed by atoms with Gasteiger partial charge in [-0.15, -0.1) is 0 Å². The van der Waals surface area contributed by atoms with E-state index in [2.05, 4.69) is 17.2 Å². The fourth-order valence-electron chi connectivity index (χ4n) is 2.28. The quantitative estimate of drug-likeness (QED) is 0.878. The van der Waals surface area contributed by atoms with Crippen LogP contribution in [0.15, 0.2) is 10.6 Å². The first kappa shape index (κ1) is 12.9. The summed E-state index contributed by atoms with van der Waals surface area (Å²) in [7, 11) is 0. The third-order valence-corrected chi connectivity index (χ3v) is 3.29. The molecule has 2 rings (SSSR count). The number of hydrogen-bond donors (Lipinski definition) is 1. The lowest BCUT2D eigenvalue weighted by Crippen LogP contribution is -2.45. The minimum atomic E-state index is -0.191. The summed E-state index contributed by atoms with van der Waals surface area (Å²) in [6, 6.07) is -0.215. The molecule has 100 valence electrons. The number of carbonyl (C=O) groups excluding carboxylic acids is 1. The number of oxazole rings is 1. The van der Waals surface area contributed by atoms with Gasteiger partial charge in [0.15, 0.2) is 0 Å². The molecule has 0 aromatic carbocycles. The van der Waals surface area contributed by atoms with Crippen LogP contribution in [0.5, 0.6) is 0 Å². The zero-order valence-electron chi connectivity index (χ0n) is 11.3. The van der Waals surface area contributed by atoms with E-state index in [0.29, 0.717) is 11.8 Å². The molecule has 18 heavy (non-hydrogen) atoms. The average Bonchev–Trinajstić information content (AvgIpc) is 2.76. The number of hydrogen-bond acceptors (Lipinski definition) is 3. The van der Waals surface area contributed by atoms with Gasteiger partial charge in [0.05, 0.1) is 6.20 Å². The highest BCUT2D eigenvalue weighted by molar-refractivity contribution is 5.74. The van der Waals surface area contributed by atoms with E-state index in [4.69, 9.17) is 4.42 Å². The molecule has 1 aliphatic rings. The largest absolute Gasteiger partial charge is 0.444 e. The highest BCUT2D eigenvalue weighted by Gasteiger charge is 2.23. The lowest BCUT2D eigenvalue weighted by atomic mass is 10.0. The molecule has 2 amide bonds. The summed E-state index contributed by atoms with van der Waals surface area (Å²) in [5.74, 6) is 1.91. The summed E-state index contributed by atoms with van der Waals surface area (Å²) < 4.78 is 5.41. The van der Waals surface area contributed by atoms with Crippen molar-refractivity contribution in [2.24, 2.45) is 5.92 Å². The maximum atomic E-state index is 12.1. The Morgan fingerprint density at radius 1 is 1.67 bits per heavy atom. The molecule has 5 heteroatoms. The Morgan fingerprint density at radius 2 is 2.44 bits per heavy atom. The van der Waals surface area contributed by atoms with Crippen LogP contribution in [0.25, 0.3) is 0 Å². The molecule has 1 aromatic rings. The molecular weight excluding hydrogens is 230 g/mol. The van der Waals surface area contributed by atoms with Gasteiger partial charge in [0.1, 0.15) is 11.8 Å². The molecule has 0 bridgehead atoms. The van der Waals surface area contributed by atoms with E-state index < -0.39 is 0 Å². The Morgan fingerprint density at radius 3 is 3.06 bits per heavy atom. The SMILES string of the molecule is Cc1cnc(C(C)NC(=O)N2CCCC(C)C2)o1. The first-order valence-electron chi connectivity index (χ1n) is 6.54. The van der Waals surface area contributed by atoms with Gasteiger partial charge in [-0.25, -0.2) is 9.78 Å². The summed E-state index contributed by atoms with van der Waals surface area (Å²) in [4.78, 5) is 18.1. The number of amides is 2. The topological polar surface area (TPSA) is 58.4 Å². The van der Waals surface area contributed by atoms with Crippen LogP contribution in [0, 0.1) is 12.8 Å². The monoisotopic (exact) mass is 251 g/mol. The average molecular weight is 251 g/mol. The second-order valence-corrected chi connectivity index (χ2v) is 5.17. The zero-order valence-corrected chi connectivity index (χ0v) is 11.3. The highest BCUT2D eigenvalue weighted by atomic mass is 16.4. The third kappa shape index (κ3) is 3.03. The van der Waals surface area contributed by atoms with Gasteiger partial charge in [-0.3, -0.25) is 0 Å². The van der Waals surface area contributed by atoms with Crippen molar-refractivity contribution >= 4 is 6.03 Å². The molecule has 5 nitrogen and oxygen atoms in total. The van der Waals surface area contributed by atoms with Crippen LogP contribution in [-0.4, -0.2) is 29.0 Å². The molecule has 2 unspecified atom stereocenters. The van der Waals surface area contributed by atoms with Crippen LogP contribution in [0.4, 0.5) is 4.79 Å². The molecule has 1 saturated heterocycles. The standard InChI is InChI=1S/C13H21N3O2/c1-9-5-4-6-16(8-9)13(17)15-11(3)12-14-7-10(2)18-12/h7,9,11H,4-6,8H2,1-3H3,(H,15,17). The van der Waals surface area contributed by atoms with Crippen LogP contribution in [0.2, 0.25) is 0 Å². The molecule has 1 aromatic heterocycles. The second kappa shape index (κ2) is 5.42. The Kier molecular flexibility index (Phi) is 3.89. The number of nitrogens with one attached hydrogen (secondary N) is 1. The van der Waals surface area contributed by atoms with Gasteiger partial charge < -0.3 is 14.6 Å². The third-order valence-electron chi connectivity index (χ3n) is 3.29. The number of rotatable bonds is 2. The highest BCUT2D eigenvalue weighted by Crippen LogP contribution is 2.17. The van der Waals surface area contributed by atoms with E-state index in [9.17, 15) is 4.79 Å². The molecule has 0 radical (unpaired) electrons. The van der Waals surface area contributed by atoms with Crippen LogP contribution >= 0.6 is 0 Å². The first-order chi connectivity index (χ1) is 8.56. The molecule has 2 heterocycles. The van der Waals surface area contributed by atoms with E-state index in [1.165, 1.54) is 6.42 Å². The first-order valence-corrected chi connectivity index (χ1v) is 6.54. The molecule has 1 fully saturated rings. The van der Waals surface area contributed by atoms with Crippen molar-refractivity contribution in [1.82, 2.24) is 15.2 Å². The maximum Gasteiger partial charge on any atom is 0.318 e. The maximum absolute atomic E-state index is 12.1. The van der Waals surface area contributed by atoms with Gasteiger partial charge in [0.2, 0.25) is 5.89 Å². The van der Waals surface area contributed by atoms with E-state index in [-0.39, 0.29) is 12.1 Å². The van der Waals surface area contributed by atoms with Crippen molar-refractivity contribution in [1.29, 1.82) is 0 Å². The second-order valence-electron chi connectivity index (χ2n) is 5.17. The van der Waals surface area contributed by atoms with Gasteiger partial charge >= 0.3 is 6.03 Å². The van der Waals surface area contributed by atoms with Crippen LogP contribution in [-0.2, 0) is 0 Å². The van der Waals surface area contributed by atoms with Gasteiger partial charge in [0, 0.05) is 13.1 Å². The number of aryl methyl sites for hydroxylation is 1. The predicted octanol–water partition coefficient (Wildman–Crippen LogP) is 2.49. The number of carbonyl (C=O) groups is 1. The van der Waals surface area contributed by atoms with Crippen LogP contribution in [0.1, 0.15) is 44.4 Å². The van der Waals surface area contributed by atoms with E-state index in [1.807, 2.05) is 18.7 Å². The van der Waals surface area contributed by atoms with Crippen molar-refractivity contribution in [3.63, 3.8) is 0 Å². The van der Waals surface area contributed by atoms with E-state index >= 15 is 0 Å². The number of likely N-dealkylation sites (tertiary alicyclic amines) is 1. The van der Waals surface area contributed by atoms with E-state index in [0.717, 1.165) is 25.3 Å². The molecule has 1 aliphatic heterocycles. The summed E-state index contributed by atoms with van der Waals surface area (Å²) in [5.41, 5.74) is 0. The fourth-order valence-corrected chi connectivity index (χ4v) is 2.28. The summed E-state index contributed by atoms with van der Waals surface area (Å²) in [6.45, 7) is 7.59. The number of nitrogens with zero attached hydrogens (tertiary/aromatic N) is 2. The van der Waals surface area contributed by atoms with Crippen molar-refractivity contribution in [2.45, 2.75) is 39.7 Å². The van der Waals surface area contributed by atoms with Crippen molar-refractivity contribution < 1.29 is 9.21 Å². The van der Waals surface area contributed by atoms with Crippen molar-refractivity contribution in [2.75, 3.05) is 13.1 Å².